The van der Waals surface area contributed by atoms with Gasteiger partial charge in [-0.15, -0.1) is 0 Å². The fourth-order valence-corrected chi connectivity index (χ4v) is 3.32. The van der Waals surface area contributed by atoms with Crippen molar-refractivity contribution in [2.24, 2.45) is 0 Å². The third kappa shape index (κ3) is 5.12. The average molecular weight is 467 g/mol. The van der Waals surface area contributed by atoms with E-state index in [1.807, 2.05) is 0 Å². The molecular weight excluding hydrogens is 451 g/mol. The van der Waals surface area contributed by atoms with Crippen LogP contribution in [-0.2, 0) is 17.5 Å². The third-order valence-electron chi connectivity index (χ3n) is 4.95. The Labute approximate surface area is 191 Å². The van der Waals surface area contributed by atoms with Crippen LogP contribution in [-0.4, -0.2) is 16.0 Å². The molecule has 0 aliphatic carbocycles. The largest absolute Gasteiger partial charge is 0.444 e. The summed E-state index contributed by atoms with van der Waals surface area (Å²) in [4.78, 5) is 26.1. The van der Waals surface area contributed by atoms with Crippen LogP contribution in [0.4, 0.5) is 29.3 Å². The zero-order chi connectivity index (χ0) is 24.3. The Morgan fingerprint density at radius 2 is 1.71 bits per heavy atom. The van der Waals surface area contributed by atoms with Gasteiger partial charge in [-0.05, 0) is 47.0 Å². The number of carbonyl (C=O) groups is 1. The zero-order valence-corrected chi connectivity index (χ0v) is 17.4. The molecule has 3 aromatic carbocycles. The van der Waals surface area contributed by atoms with Gasteiger partial charge in [-0.25, -0.2) is 9.78 Å². The number of ether oxygens (including phenoxy) is 1. The quantitative estimate of drug-likeness (QED) is 0.264. The van der Waals surface area contributed by atoms with Gasteiger partial charge in [0.25, 0.3) is 5.69 Å². The lowest BCUT2D eigenvalue weighted by atomic mass is 9.99. The molecule has 34 heavy (non-hydrogen) atoms. The van der Waals surface area contributed by atoms with Gasteiger partial charge < -0.3 is 4.74 Å². The number of fused-ring (bicyclic) bond motifs is 1. The topological polar surface area (TPSA) is 94.4 Å². The lowest BCUT2D eigenvalue weighted by molar-refractivity contribution is -0.384. The van der Waals surface area contributed by atoms with Crippen molar-refractivity contribution in [2.45, 2.75) is 12.8 Å². The van der Waals surface area contributed by atoms with Gasteiger partial charge in [-0.1, -0.05) is 36.4 Å². The number of hydrogen-bond acceptors (Lipinski definition) is 5. The number of hydrogen-bond donors (Lipinski definition) is 1. The Kier molecular flexibility index (Phi) is 6.13. The molecule has 0 radical (unpaired) electrons. The number of pyridine rings is 1. The van der Waals surface area contributed by atoms with Gasteiger partial charge in [-0.2, -0.15) is 13.2 Å². The molecule has 172 valence electrons. The number of nitro benzene ring substituents is 1. The van der Waals surface area contributed by atoms with E-state index >= 15 is 0 Å². The van der Waals surface area contributed by atoms with E-state index in [4.69, 9.17) is 4.74 Å². The van der Waals surface area contributed by atoms with Crippen molar-refractivity contribution in [3.05, 3.63) is 100 Å². The van der Waals surface area contributed by atoms with Crippen molar-refractivity contribution in [1.29, 1.82) is 0 Å². The highest BCUT2D eigenvalue weighted by Gasteiger charge is 2.33. The summed E-state index contributed by atoms with van der Waals surface area (Å²) in [7, 11) is 0. The van der Waals surface area contributed by atoms with E-state index in [1.54, 1.807) is 36.4 Å². The molecule has 0 saturated carbocycles. The fourth-order valence-electron chi connectivity index (χ4n) is 3.32. The van der Waals surface area contributed by atoms with Gasteiger partial charge in [0.2, 0.25) is 0 Å². The maximum Gasteiger partial charge on any atom is 0.433 e. The maximum absolute atomic E-state index is 13.5. The number of anilines is 1. The molecule has 0 aliphatic rings. The molecule has 0 aliphatic heterocycles. The van der Waals surface area contributed by atoms with Crippen LogP contribution in [0.3, 0.4) is 0 Å². The monoisotopic (exact) mass is 467 g/mol. The van der Waals surface area contributed by atoms with Crippen LogP contribution in [0.15, 0.2) is 78.9 Å². The summed E-state index contributed by atoms with van der Waals surface area (Å²) in [5.41, 5.74) is 0.618. The summed E-state index contributed by atoms with van der Waals surface area (Å²) in [6.45, 7) is -0.147. The number of nitro groups is 1. The first-order valence-electron chi connectivity index (χ1n) is 9.95. The molecule has 1 aromatic heterocycles. The molecule has 0 atom stereocenters. The molecule has 0 saturated heterocycles. The van der Waals surface area contributed by atoms with E-state index in [0.29, 0.717) is 22.1 Å². The molecule has 0 fully saturated rings. The molecule has 0 spiro atoms. The number of nitrogens with zero attached hydrogens (tertiary/aromatic N) is 2. The van der Waals surface area contributed by atoms with Crippen LogP contribution < -0.4 is 5.32 Å². The number of carbonyl (C=O) groups excluding carboxylic acids is 1. The van der Waals surface area contributed by atoms with Crippen LogP contribution in [0.2, 0.25) is 0 Å². The molecular formula is C24H16F3N3O4. The van der Waals surface area contributed by atoms with Crippen molar-refractivity contribution >= 4 is 28.4 Å². The fraction of sp³-hybridized carbons (Fsp3) is 0.0833. The van der Waals surface area contributed by atoms with E-state index < -0.39 is 22.9 Å². The van der Waals surface area contributed by atoms with Crippen molar-refractivity contribution in [3.63, 3.8) is 0 Å². The number of halogens is 3. The summed E-state index contributed by atoms with van der Waals surface area (Å²) in [6, 6.07) is 19.6. The van der Waals surface area contributed by atoms with Gasteiger partial charge in [0.1, 0.15) is 12.3 Å². The number of amides is 1. The second-order valence-electron chi connectivity index (χ2n) is 7.28. The van der Waals surface area contributed by atoms with Crippen LogP contribution in [0.25, 0.3) is 22.0 Å². The molecule has 4 aromatic rings. The Morgan fingerprint density at radius 3 is 2.35 bits per heavy atom. The summed E-state index contributed by atoms with van der Waals surface area (Å²) in [5.74, 6) is 0. The summed E-state index contributed by atoms with van der Waals surface area (Å²) >= 11 is 0. The smallest absolute Gasteiger partial charge is 0.433 e. The first-order chi connectivity index (χ1) is 16.2. The Morgan fingerprint density at radius 1 is 1.00 bits per heavy atom. The van der Waals surface area contributed by atoms with Crippen molar-refractivity contribution in [2.75, 3.05) is 5.32 Å². The van der Waals surface area contributed by atoms with E-state index in [2.05, 4.69) is 10.3 Å². The molecule has 7 nitrogen and oxygen atoms in total. The molecule has 1 heterocycles. The highest BCUT2D eigenvalue weighted by molar-refractivity contribution is 5.97. The SMILES string of the molecule is O=C(Nc1ccc2c(-c3ccccc3)cc(C(F)(F)F)nc2c1)OCc1ccc([N+](=O)[O-])cc1. The van der Waals surface area contributed by atoms with Crippen molar-refractivity contribution < 1.29 is 27.6 Å². The Balaban J connectivity index is 1.56. The molecule has 1 amide bonds. The Hall–Kier alpha value is -4.47. The molecule has 10 heteroatoms. The number of rotatable bonds is 5. The molecule has 4 rings (SSSR count). The van der Waals surface area contributed by atoms with E-state index in [0.717, 1.165) is 6.07 Å². The van der Waals surface area contributed by atoms with E-state index in [9.17, 15) is 28.1 Å². The minimum atomic E-state index is -4.65. The van der Waals surface area contributed by atoms with Gasteiger partial charge >= 0.3 is 12.3 Å². The van der Waals surface area contributed by atoms with E-state index in [1.165, 1.54) is 36.4 Å². The van der Waals surface area contributed by atoms with Gasteiger partial charge in [0.15, 0.2) is 0 Å². The highest BCUT2D eigenvalue weighted by atomic mass is 19.4. The number of alkyl halides is 3. The standard InChI is InChI=1S/C24H16F3N3O4/c25-24(26,27)22-13-20(16-4-2-1-3-5-16)19-11-8-17(12-21(19)29-22)28-23(31)34-14-15-6-9-18(10-7-15)30(32)33/h1-13H,14H2,(H,28,31). The first-order valence-corrected chi connectivity index (χ1v) is 9.95. The number of aromatic nitrogens is 1. The average Bonchev–Trinajstić information content (AvgIpc) is 2.82. The highest BCUT2D eigenvalue weighted by Crippen LogP contribution is 2.36. The lowest BCUT2D eigenvalue weighted by Gasteiger charge is -2.13. The lowest BCUT2D eigenvalue weighted by Crippen LogP contribution is -2.13. The van der Waals surface area contributed by atoms with Crippen LogP contribution in [0.5, 0.6) is 0 Å². The maximum atomic E-state index is 13.5. The third-order valence-corrected chi connectivity index (χ3v) is 4.95. The predicted molar refractivity (Wildman–Crippen MR) is 119 cm³/mol. The minimum absolute atomic E-state index is 0.0573. The minimum Gasteiger partial charge on any atom is -0.444 e. The summed E-state index contributed by atoms with van der Waals surface area (Å²) < 4.78 is 45.5. The van der Waals surface area contributed by atoms with Crippen LogP contribution in [0, 0.1) is 10.1 Å². The predicted octanol–water partition coefficient (Wildman–Crippen LogP) is 6.58. The summed E-state index contributed by atoms with van der Waals surface area (Å²) in [5, 5.41) is 13.6. The molecule has 0 unspecified atom stereocenters. The van der Waals surface area contributed by atoms with Crippen molar-refractivity contribution in [1.82, 2.24) is 4.98 Å². The van der Waals surface area contributed by atoms with Gasteiger partial charge in [0.05, 0.1) is 10.4 Å². The number of non-ortho nitro benzene ring substituents is 1. The second kappa shape index (κ2) is 9.18. The van der Waals surface area contributed by atoms with E-state index in [-0.39, 0.29) is 23.5 Å². The van der Waals surface area contributed by atoms with Gasteiger partial charge in [0, 0.05) is 23.2 Å². The van der Waals surface area contributed by atoms with Crippen LogP contribution >= 0.6 is 0 Å². The second-order valence-corrected chi connectivity index (χ2v) is 7.28. The zero-order valence-electron chi connectivity index (χ0n) is 17.4. The number of benzene rings is 3. The Bertz CT molecular complexity index is 1360. The number of nitrogens with one attached hydrogen (secondary N) is 1. The summed E-state index contributed by atoms with van der Waals surface area (Å²) in [6.07, 6.45) is -5.49. The first kappa shape index (κ1) is 22.7. The molecule has 0 bridgehead atoms. The van der Waals surface area contributed by atoms with Gasteiger partial charge in [-0.3, -0.25) is 15.4 Å². The normalized spacial score (nSPS) is 11.3. The van der Waals surface area contributed by atoms with Crippen LogP contribution in [0.1, 0.15) is 11.3 Å². The van der Waals surface area contributed by atoms with Crippen molar-refractivity contribution in [3.8, 4) is 11.1 Å². The molecule has 1 N–H and O–H groups in total.